The van der Waals surface area contributed by atoms with Gasteiger partial charge in [0.25, 0.3) is 0 Å². The number of ether oxygens (including phenoxy) is 1. The van der Waals surface area contributed by atoms with Gasteiger partial charge in [0.05, 0.1) is 13.2 Å². The molecule has 0 saturated heterocycles. The van der Waals surface area contributed by atoms with Crippen molar-refractivity contribution in [2.75, 3.05) is 31.6 Å². The van der Waals surface area contributed by atoms with E-state index >= 15 is 0 Å². The first-order valence-corrected chi connectivity index (χ1v) is 6.98. The summed E-state index contributed by atoms with van der Waals surface area (Å²) in [5, 5.41) is 2.62. The zero-order valence-corrected chi connectivity index (χ0v) is 12.4. The van der Waals surface area contributed by atoms with Crippen LogP contribution in [-0.4, -0.2) is 43.0 Å². The number of hydrogen-bond donors (Lipinski definition) is 1. The van der Waals surface area contributed by atoms with Gasteiger partial charge in [-0.05, 0) is 31.7 Å². The molecule has 0 aromatic heterocycles. The standard InChI is InChI=1S/C15H21FN2O3/c1-3-18(11-15(20)21-4-2)9-8-14(19)17-13-7-5-6-12(16)10-13/h5-7,10H,3-4,8-9,11H2,1-2H3,(H,17,19). The van der Waals surface area contributed by atoms with E-state index < -0.39 is 5.82 Å². The van der Waals surface area contributed by atoms with Crippen molar-refractivity contribution in [1.82, 2.24) is 4.90 Å². The van der Waals surface area contributed by atoms with Gasteiger partial charge in [-0.2, -0.15) is 0 Å². The molecule has 21 heavy (non-hydrogen) atoms. The summed E-state index contributed by atoms with van der Waals surface area (Å²) in [5.41, 5.74) is 0.424. The molecule has 0 aliphatic heterocycles. The molecule has 5 nitrogen and oxygen atoms in total. The quantitative estimate of drug-likeness (QED) is 0.746. The van der Waals surface area contributed by atoms with E-state index in [1.54, 1.807) is 13.0 Å². The fraction of sp³-hybridized carbons (Fsp3) is 0.467. The van der Waals surface area contributed by atoms with Gasteiger partial charge in [0.15, 0.2) is 0 Å². The molecule has 0 saturated carbocycles. The molecule has 0 radical (unpaired) electrons. The van der Waals surface area contributed by atoms with Gasteiger partial charge in [-0.15, -0.1) is 0 Å². The Bertz CT molecular complexity index is 480. The van der Waals surface area contributed by atoms with Crippen LogP contribution in [0.5, 0.6) is 0 Å². The summed E-state index contributed by atoms with van der Waals surface area (Å²) in [6.07, 6.45) is 0.226. The molecule has 1 rings (SSSR count). The number of halogens is 1. The normalized spacial score (nSPS) is 10.5. The smallest absolute Gasteiger partial charge is 0.320 e. The van der Waals surface area contributed by atoms with Crippen LogP contribution >= 0.6 is 0 Å². The lowest BCUT2D eigenvalue weighted by molar-refractivity contribution is -0.144. The van der Waals surface area contributed by atoms with Crippen molar-refractivity contribution in [1.29, 1.82) is 0 Å². The van der Waals surface area contributed by atoms with E-state index in [2.05, 4.69) is 5.32 Å². The van der Waals surface area contributed by atoms with Crippen molar-refractivity contribution >= 4 is 17.6 Å². The Morgan fingerprint density at radius 1 is 1.33 bits per heavy atom. The maximum Gasteiger partial charge on any atom is 0.320 e. The lowest BCUT2D eigenvalue weighted by Crippen LogP contribution is -2.33. The second-order valence-electron chi connectivity index (χ2n) is 4.48. The van der Waals surface area contributed by atoms with Gasteiger partial charge < -0.3 is 10.1 Å². The third-order valence-corrected chi connectivity index (χ3v) is 2.87. The Labute approximate surface area is 124 Å². The van der Waals surface area contributed by atoms with Crippen LogP contribution < -0.4 is 5.32 Å². The summed E-state index contributed by atoms with van der Waals surface area (Å²) in [4.78, 5) is 25.0. The molecule has 0 unspecified atom stereocenters. The van der Waals surface area contributed by atoms with E-state index in [-0.39, 0.29) is 24.8 Å². The van der Waals surface area contributed by atoms with Crippen LogP contribution in [0, 0.1) is 5.82 Å². The van der Waals surface area contributed by atoms with Gasteiger partial charge in [-0.1, -0.05) is 13.0 Å². The number of carbonyl (C=O) groups excluding carboxylic acids is 2. The molecule has 0 fully saturated rings. The summed E-state index contributed by atoms with van der Waals surface area (Å²) in [5.74, 6) is -0.918. The fourth-order valence-electron chi connectivity index (χ4n) is 1.79. The van der Waals surface area contributed by atoms with Crippen molar-refractivity contribution < 1.29 is 18.7 Å². The van der Waals surface area contributed by atoms with Crippen molar-refractivity contribution in [3.63, 3.8) is 0 Å². The second kappa shape index (κ2) is 9.07. The Morgan fingerprint density at radius 2 is 2.10 bits per heavy atom. The van der Waals surface area contributed by atoms with Gasteiger partial charge >= 0.3 is 5.97 Å². The van der Waals surface area contributed by atoms with Crippen LogP contribution in [0.15, 0.2) is 24.3 Å². The van der Waals surface area contributed by atoms with Gasteiger partial charge in [-0.3, -0.25) is 14.5 Å². The average molecular weight is 296 g/mol. The second-order valence-corrected chi connectivity index (χ2v) is 4.48. The summed E-state index contributed by atoms with van der Waals surface area (Å²) >= 11 is 0. The molecule has 0 bridgehead atoms. The fourth-order valence-corrected chi connectivity index (χ4v) is 1.79. The molecule has 0 atom stereocenters. The predicted octanol–water partition coefficient (Wildman–Crippen LogP) is 2.04. The van der Waals surface area contributed by atoms with Crippen molar-refractivity contribution in [3.05, 3.63) is 30.1 Å². The molecular formula is C15H21FN2O3. The van der Waals surface area contributed by atoms with Crippen LogP contribution in [0.3, 0.4) is 0 Å². The molecular weight excluding hydrogens is 275 g/mol. The minimum Gasteiger partial charge on any atom is -0.465 e. The number of amides is 1. The highest BCUT2D eigenvalue weighted by atomic mass is 19.1. The highest BCUT2D eigenvalue weighted by Crippen LogP contribution is 2.09. The molecule has 0 aliphatic carbocycles. The maximum absolute atomic E-state index is 13.0. The summed E-state index contributed by atoms with van der Waals surface area (Å²) in [6.45, 7) is 5.25. The van der Waals surface area contributed by atoms with Gasteiger partial charge in [0, 0.05) is 18.7 Å². The molecule has 0 spiro atoms. The summed E-state index contributed by atoms with van der Waals surface area (Å²) in [7, 11) is 0. The van der Waals surface area contributed by atoms with E-state index in [0.717, 1.165) is 0 Å². The van der Waals surface area contributed by atoms with Crippen LogP contribution in [0.2, 0.25) is 0 Å². The van der Waals surface area contributed by atoms with E-state index in [9.17, 15) is 14.0 Å². The number of anilines is 1. The number of benzene rings is 1. The Morgan fingerprint density at radius 3 is 2.71 bits per heavy atom. The minimum atomic E-state index is -0.398. The van der Waals surface area contributed by atoms with E-state index in [0.29, 0.717) is 25.4 Å². The largest absolute Gasteiger partial charge is 0.465 e. The molecule has 1 aromatic carbocycles. The number of likely N-dealkylation sites (N-methyl/N-ethyl adjacent to an activating group) is 1. The number of nitrogens with one attached hydrogen (secondary N) is 1. The van der Waals surface area contributed by atoms with Crippen molar-refractivity contribution in [2.24, 2.45) is 0 Å². The number of nitrogens with zero attached hydrogens (tertiary/aromatic N) is 1. The maximum atomic E-state index is 13.0. The first-order chi connectivity index (χ1) is 10.0. The first kappa shape index (κ1) is 17.1. The summed E-state index contributed by atoms with van der Waals surface area (Å²) < 4.78 is 17.9. The number of esters is 1. The molecule has 1 aromatic rings. The molecule has 0 heterocycles. The van der Waals surface area contributed by atoms with Crippen LogP contribution in [0.25, 0.3) is 0 Å². The molecule has 116 valence electrons. The van der Waals surface area contributed by atoms with Crippen LogP contribution in [-0.2, 0) is 14.3 Å². The lowest BCUT2D eigenvalue weighted by Gasteiger charge is -2.18. The topological polar surface area (TPSA) is 58.6 Å². The number of carbonyl (C=O) groups is 2. The highest BCUT2D eigenvalue weighted by Gasteiger charge is 2.11. The summed E-state index contributed by atoms with van der Waals surface area (Å²) in [6, 6.07) is 5.73. The van der Waals surface area contributed by atoms with Crippen molar-refractivity contribution in [2.45, 2.75) is 20.3 Å². The van der Waals surface area contributed by atoms with E-state index in [1.807, 2.05) is 11.8 Å². The lowest BCUT2D eigenvalue weighted by atomic mass is 10.3. The zero-order chi connectivity index (χ0) is 15.7. The van der Waals surface area contributed by atoms with Crippen LogP contribution in [0.1, 0.15) is 20.3 Å². The molecule has 1 amide bonds. The van der Waals surface area contributed by atoms with Crippen molar-refractivity contribution in [3.8, 4) is 0 Å². The van der Waals surface area contributed by atoms with E-state index in [1.165, 1.54) is 18.2 Å². The highest BCUT2D eigenvalue weighted by molar-refractivity contribution is 5.90. The molecule has 1 N–H and O–H groups in total. The molecule has 0 aliphatic rings. The number of rotatable bonds is 8. The number of hydrogen-bond acceptors (Lipinski definition) is 4. The Hall–Kier alpha value is -1.95. The monoisotopic (exact) mass is 296 g/mol. The Kier molecular flexibility index (Phi) is 7.39. The zero-order valence-electron chi connectivity index (χ0n) is 12.4. The van der Waals surface area contributed by atoms with Gasteiger partial charge in [-0.25, -0.2) is 4.39 Å². The third kappa shape index (κ3) is 6.85. The van der Waals surface area contributed by atoms with Gasteiger partial charge in [0.1, 0.15) is 5.82 Å². The average Bonchev–Trinajstić information content (AvgIpc) is 2.43. The predicted molar refractivity (Wildman–Crippen MR) is 78.4 cm³/mol. The SMILES string of the molecule is CCOC(=O)CN(CC)CCC(=O)Nc1cccc(F)c1. The van der Waals surface area contributed by atoms with Gasteiger partial charge in [0.2, 0.25) is 5.91 Å². The first-order valence-electron chi connectivity index (χ1n) is 6.98. The minimum absolute atomic E-state index is 0.164. The Balaban J connectivity index is 2.38. The van der Waals surface area contributed by atoms with Crippen LogP contribution in [0.4, 0.5) is 10.1 Å². The van der Waals surface area contributed by atoms with E-state index in [4.69, 9.17) is 4.74 Å². The molecule has 6 heteroatoms. The third-order valence-electron chi connectivity index (χ3n) is 2.87.